The third kappa shape index (κ3) is 3.21. The number of aliphatic hydroxyl groups is 1. The molecule has 0 bridgehead atoms. The number of hydrogen-bond donors (Lipinski definition) is 3. The van der Waals surface area contributed by atoms with Gasteiger partial charge in [0.1, 0.15) is 11.6 Å². The second kappa shape index (κ2) is 4.75. The molecule has 1 rings (SSSR count). The summed E-state index contributed by atoms with van der Waals surface area (Å²) in [6.07, 6.45) is -0.686. The van der Waals surface area contributed by atoms with E-state index in [1.807, 2.05) is 0 Å². The summed E-state index contributed by atoms with van der Waals surface area (Å²) in [6, 6.07) is 3.26. The topological polar surface area (TPSA) is 69.6 Å². The van der Waals surface area contributed by atoms with Crippen LogP contribution in [0.3, 0.4) is 0 Å². The molecule has 0 unspecified atom stereocenters. The molecule has 0 aliphatic rings. The summed E-state index contributed by atoms with van der Waals surface area (Å²) in [5.74, 6) is -1.65. The van der Waals surface area contributed by atoms with Crippen LogP contribution < -0.4 is 5.32 Å². The van der Waals surface area contributed by atoms with Crippen molar-refractivity contribution in [3.8, 4) is 5.75 Å². The van der Waals surface area contributed by atoms with Crippen LogP contribution in [0.2, 0.25) is 0 Å². The van der Waals surface area contributed by atoms with Gasteiger partial charge < -0.3 is 15.5 Å². The second-order valence-electron chi connectivity index (χ2n) is 3.22. The van der Waals surface area contributed by atoms with Gasteiger partial charge in [-0.1, -0.05) is 0 Å². The standard InChI is InChI=1S/C10H12FNO3/c1-6(13)5-12-10(15)8-3-2-7(14)4-9(8)11/h2-4,6,13-14H,5H2,1H3,(H,12,15)/t6-/m1/s1. The molecule has 3 N–H and O–H groups in total. The summed E-state index contributed by atoms with van der Waals surface area (Å²) in [5.41, 5.74) is -0.159. The monoisotopic (exact) mass is 213 g/mol. The van der Waals surface area contributed by atoms with Crippen molar-refractivity contribution in [2.75, 3.05) is 6.54 Å². The number of nitrogens with one attached hydrogen (secondary N) is 1. The van der Waals surface area contributed by atoms with Crippen LogP contribution in [0.15, 0.2) is 18.2 Å². The molecule has 0 aromatic heterocycles. The predicted molar refractivity (Wildman–Crippen MR) is 52.1 cm³/mol. The van der Waals surface area contributed by atoms with E-state index in [2.05, 4.69) is 5.32 Å². The predicted octanol–water partition coefficient (Wildman–Crippen LogP) is 0.642. The van der Waals surface area contributed by atoms with Crippen molar-refractivity contribution in [2.45, 2.75) is 13.0 Å². The van der Waals surface area contributed by atoms with Gasteiger partial charge in [0.2, 0.25) is 0 Å². The van der Waals surface area contributed by atoms with E-state index in [-0.39, 0.29) is 17.9 Å². The van der Waals surface area contributed by atoms with E-state index in [1.54, 1.807) is 0 Å². The molecule has 1 amide bonds. The van der Waals surface area contributed by atoms with Crippen LogP contribution in [0.5, 0.6) is 5.75 Å². The van der Waals surface area contributed by atoms with Gasteiger partial charge in [-0.25, -0.2) is 4.39 Å². The zero-order valence-corrected chi connectivity index (χ0v) is 8.20. The van der Waals surface area contributed by atoms with Crippen molar-refractivity contribution in [2.24, 2.45) is 0 Å². The highest BCUT2D eigenvalue weighted by Crippen LogP contribution is 2.14. The molecule has 0 saturated heterocycles. The molecule has 0 spiro atoms. The van der Waals surface area contributed by atoms with Gasteiger partial charge in [-0.15, -0.1) is 0 Å². The molecule has 15 heavy (non-hydrogen) atoms. The van der Waals surface area contributed by atoms with Gasteiger partial charge in [0.25, 0.3) is 5.91 Å². The number of aromatic hydroxyl groups is 1. The number of carbonyl (C=O) groups excluding carboxylic acids is 1. The normalized spacial score (nSPS) is 12.2. The Kier molecular flexibility index (Phi) is 3.62. The van der Waals surface area contributed by atoms with Gasteiger partial charge in [0.15, 0.2) is 0 Å². The van der Waals surface area contributed by atoms with E-state index in [9.17, 15) is 9.18 Å². The third-order valence-corrected chi connectivity index (χ3v) is 1.76. The molecular weight excluding hydrogens is 201 g/mol. The molecule has 0 fully saturated rings. The van der Waals surface area contributed by atoms with Crippen molar-refractivity contribution in [1.82, 2.24) is 5.32 Å². The summed E-state index contributed by atoms with van der Waals surface area (Å²) in [6.45, 7) is 1.56. The Morgan fingerprint density at radius 2 is 2.27 bits per heavy atom. The largest absolute Gasteiger partial charge is 0.508 e. The molecular formula is C10H12FNO3. The van der Waals surface area contributed by atoms with Crippen molar-refractivity contribution >= 4 is 5.91 Å². The minimum absolute atomic E-state index is 0.0547. The lowest BCUT2D eigenvalue weighted by Crippen LogP contribution is -2.31. The van der Waals surface area contributed by atoms with Gasteiger partial charge >= 0.3 is 0 Å². The fourth-order valence-corrected chi connectivity index (χ4v) is 1.02. The molecule has 4 nitrogen and oxygen atoms in total. The van der Waals surface area contributed by atoms with Crippen LogP contribution in [-0.4, -0.2) is 28.8 Å². The van der Waals surface area contributed by atoms with E-state index >= 15 is 0 Å². The van der Waals surface area contributed by atoms with Crippen LogP contribution in [0.4, 0.5) is 4.39 Å². The van der Waals surface area contributed by atoms with Crippen molar-refractivity contribution < 1.29 is 19.4 Å². The van der Waals surface area contributed by atoms with E-state index in [4.69, 9.17) is 10.2 Å². The number of amides is 1. The molecule has 0 aliphatic carbocycles. The number of halogens is 1. The van der Waals surface area contributed by atoms with Crippen molar-refractivity contribution in [3.63, 3.8) is 0 Å². The number of rotatable bonds is 3. The first-order chi connectivity index (χ1) is 7.00. The lowest BCUT2D eigenvalue weighted by molar-refractivity contribution is 0.0920. The summed E-state index contributed by atoms with van der Waals surface area (Å²) >= 11 is 0. The molecule has 1 aromatic rings. The van der Waals surface area contributed by atoms with Gasteiger partial charge in [0.05, 0.1) is 11.7 Å². The average molecular weight is 213 g/mol. The van der Waals surface area contributed by atoms with Crippen molar-refractivity contribution in [1.29, 1.82) is 0 Å². The zero-order valence-electron chi connectivity index (χ0n) is 8.20. The SMILES string of the molecule is C[C@@H](O)CNC(=O)c1ccc(O)cc1F. The van der Waals surface area contributed by atoms with Crippen LogP contribution in [0, 0.1) is 5.82 Å². The first kappa shape index (κ1) is 11.5. The van der Waals surface area contributed by atoms with Gasteiger partial charge in [-0.3, -0.25) is 4.79 Å². The summed E-state index contributed by atoms with van der Waals surface area (Å²) in [7, 11) is 0. The fourth-order valence-electron chi connectivity index (χ4n) is 1.02. The smallest absolute Gasteiger partial charge is 0.254 e. The lowest BCUT2D eigenvalue weighted by atomic mass is 10.2. The number of aliphatic hydroxyl groups excluding tert-OH is 1. The number of benzene rings is 1. The quantitative estimate of drug-likeness (QED) is 0.690. The summed E-state index contributed by atoms with van der Waals surface area (Å²) in [5, 5.41) is 20.2. The fraction of sp³-hybridized carbons (Fsp3) is 0.300. The Labute approximate surface area is 86.4 Å². The molecule has 1 aromatic carbocycles. The highest BCUT2D eigenvalue weighted by Gasteiger charge is 2.12. The maximum absolute atomic E-state index is 13.1. The minimum Gasteiger partial charge on any atom is -0.508 e. The number of phenols is 1. The molecule has 82 valence electrons. The van der Waals surface area contributed by atoms with Crippen LogP contribution in [0.1, 0.15) is 17.3 Å². The lowest BCUT2D eigenvalue weighted by Gasteiger charge is -2.07. The molecule has 0 heterocycles. The number of hydrogen-bond acceptors (Lipinski definition) is 3. The molecule has 0 aliphatic heterocycles. The number of carbonyl (C=O) groups is 1. The average Bonchev–Trinajstić information content (AvgIpc) is 2.14. The third-order valence-electron chi connectivity index (χ3n) is 1.76. The highest BCUT2D eigenvalue weighted by molar-refractivity contribution is 5.94. The van der Waals surface area contributed by atoms with E-state index in [1.165, 1.54) is 19.1 Å². The summed E-state index contributed by atoms with van der Waals surface area (Å²) in [4.78, 5) is 11.3. The first-order valence-corrected chi connectivity index (χ1v) is 4.45. The molecule has 5 heteroatoms. The van der Waals surface area contributed by atoms with Crippen LogP contribution in [0.25, 0.3) is 0 Å². The van der Waals surface area contributed by atoms with Crippen molar-refractivity contribution in [3.05, 3.63) is 29.6 Å². The second-order valence-corrected chi connectivity index (χ2v) is 3.22. The van der Waals surface area contributed by atoms with Gasteiger partial charge in [-0.05, 0) is 19.1 Å². The molecule has 1 atom stereocenters. The van der Waals surface area contributed by atoms with Gasteiger partial charge in [-0.2, -0.15) is 0 Å². The maximum atomic E-state index is 13.1. The first-order valence-electron chi connectivity index (χ1n) is 4.45. The maximum Gasteiger partial charge on any atom is 0.254 e. The van der Waals surface area contributed by atoms with Gasteiger partial charge in [0, 0.05) is 12.6 Å². The number of phenolic OH excluding ortho intramolecular Hbond substituents is 1. The summed E-state index contributed by atoms with van der Waals surface area (Å²) < 4.78 is 13.1. The van der Waals surface area contributed by atoms with Crippen LogP contribution in [-0.2, 0) is 0 Å². The molecule has 0 radical (unpaired) electrons. The van der Waals surface area contributed by atoms with E-state index in [0.29, 0.717) is 0 Å². The Hall–Kier alpha value is -1.62. The highest BCUT2D eigenvalue weighted by atomic mass is 19.1. The Balaban J connectivity index is 2.74. The molecule has 0 saturated carbocycles. The Bertz CT molecular complexity index is 366. The zero-order chi connectivity index (χ0) is 11.4. The van der Waals surface area contributed by atoms with E-state index < -0.39 is 17.8 Å². The Morgan fingerprint density at radius 1 is 1.60 bits per heavy atom. The van der Waals surface area contributed by atoms with Crippen LogP contribution >= 0.6 is 0 Å². The van der Waals surface area contributed by atoms with E-state index in [0.717, 1.165) is 6.07 Å². The minimum atomic E-state index is -0.793. The Morgan fingerprint density at radius 3 is 2.80 bits per heavy atom.